The molecule has 2 aliphatic rings. The van der Waals surface area contributed by atoms with Crippen LogP contribution in [0.25, 0.3) is 0 Å². The van der Waals surface area contributed by atoms with Crippen molar-refractivity contribution in [2.45, 2.75) is 57.2 Å². The van der Waals surface area contributed by atoms with Crippen molar-refractivity contribution in [1.82, 2.24) is 10.2 Å². The minimum Gasteiger partial charge on any atom is -0.349 e. The van der Waals surface area contributed by atoms with Crippen molar-refractivity contribution in [3.05, 3.63) is 71.0 Å². The Bertz CT molecular complexity index is 849. The number of amides is 2. The number of piperidine rings is 1. The number of nitrogens with zero attached hydrogens (tertiary/aromatic N) is 1. The molecule has 0 spiro atoms. The van der Waals surface area contributed by atoms with Crippen molar-refractivity contribution < 1.29 is 14.0 Å². The summed E-state index contributed by atoms with van der Waals surface area (Å²) in [7, 11) is 0. The molecule has 4 nitrogen and oxygen atoms in total. The molecule has 146 valence electrons. The van der Waals surface area contributed by atoms with Crippen LogP contribution in [0.2, 0.25) is 0 Å². The first-order chi connectivity index (χ1) is 13.5. The van der Waals surface area contributed by atoms with Crippen LogP contribution in [0.5, 0.6) is 0 Å². The standard InChI is InChI=1S/C23H25FN2O2/c1-2-15-3-5-17(6-4-15)23(28)26-20-11-12-21(26)14-19(13-20)25-22(27)16-7-9-18(24)10-8-16/h3-10,19-21H,2,11-14H2,1H3,(H,25,27)/t19?,20-,21+. The second-order valence-electron chi connectivity index (χ2n) is 7.80. The van der Waals surface area contributed by atoms with E-state index in [1.165, 1.54) is 29.8 Å². The Morgan fingerprint density at radius 3 is 2.11 bits per heavy atom. The molecule has 0 radical (unpaired) electrons. The molecule has 3 atom stereocenters. The molecular formula is C23H25FN2O2. The number of hydrogen-bond donors (Lipinski definition) is 1. The molecular weight excluding hydrogens is 355 g/mol. The van der Waals surface area contributed by atoms with E-state index in [-0.39, 0.29) is 35.8 Å². The highest BCUT2D eigenvalue weighted by Crippen LogP contribution is 2.37. The summed E-state index contributed by atoms with van der Waals surface area (Å²) >= 11 is 0. The second kappa shape index (κ2) is 7.74. The molecule has 4 rings (SSSR count). The first kappa shape index (κ1) is 18.7. The zero-order valence-electron chi connectivity index (χ0n) is 16.0. The summed E-state index contributed by atoms with van der Waals surface area (Å²) in [5, 5.41) is 3.07. The van der Waals surface area contributed by atoms with Crippen LogP contribution >= 0.6 is 0 Å². The first-order valence-electron chi connectivity index (χ1n) is 10.0. The fraction of sp³-hybridized carbons (Fsp3) is 0.391. The highest BCUT2D eigenvalue weighted by atomic mass is 19.1. The third-order valence-corrected chi connectivity index (χ3v) is 6.02. The van der Waals surface area contributed by atoms with Crippen LogP contribution in [-0.2, 0) is 6.42 Å². The van der Waals surface area contributed by atoms with Gasteiger partial charge in [0.25, 0.3) is 11.8 Å². The lowest BCUT2D eigenvalue weighted by molar-refractivity contribution is 0.0549. The monoisotopic (exact) mass is 380 g/mol. The van der Waals surface area contributed by atoms with Gasteiger partial charge in [-0.25, -0.2) is 4.39 Å². The van der Waals surface area contributed by atoms with Crippen molar-refractivity contribution in [2.24, 2.45) is 0 Å². The molecule has 1 N–H and O–H groups in total. The van der Waals surface area contributed by atoms with Gasteiger partial charge in [-0.05, 0) is 74.1 Å². The van der Waals surface area contributed by atoms with Crippen LogP contribution in [-0.4, -0.2) is 34.8 Å². The summed E-state index contributed by atoms with van der Waals surface area (Å²) < 4.78 is 13.1. The fourth-order valence-corrected chi connectivity index (χ4v) is 4.53. The van der Waals surface area contributed by atoms with Gasteiger partial charge in [0.05, 0.1) is 0 Å². The van der Waals surface area contributed by atoms with Crippen molar-refractivity contribution in [2.75, 3.05) is 0 Å². The van der Waals surface area contributed by atoms with Crippen LogP contribution in [0, 0.1) is 5.82 Å². The Labute approximate surface area is 164 Å². The van der Waals surface area contributed by atoms with Gasteiger partial charge in [-0.3, -0.25) is 9.59 Å². The van der Waals surface area contributed by atoms with Gasteiger partial charge >= 0.3 is 0 Å². The van der Waals surface area contributed by atoms with E-state index < -0.39 is 0 Å². The number of carbonyl (C=O) groups excluding carboxylic acids is 2. The largest absolute Gasteiger partial charge is 0.349 e. The highest BCUT2D eigenvalue weighted by molar-refractivity contribution is 5.95. The van der Waals surface area contributed by atoms with Crippen LogP contribution < -0.4 is 5.32 Å². The average Bonchev–Trinajstić information content (AvgIpc) is 2.98. The quantitative estimate of drug-likeness (QED) is 0.873. The zero-order valence-corrected chi connectivity index (χ0v) is 16.0. The minimum atomic E-state index is -0.353. The molecule has 2 aromatic rings. The molecule has 0 saturated carbocycles. The molecule has 0 aliphatic carbocycles. The number of nitrogens with one attached hydrogen (secondary N) is 1. The van der Waals surface area contributed by atoms with Gasteiger partial charge in [-0.15, -0.1) is 0 Å². The second-order valence-corrected chi connectivity index (χ2v) is 7.80. The normalized spacial score (nSPS) is 23.5. The van der Waals surface area contributed by atoms with Crippen molar-refractivity contribution in [3.63, 3.8) is 0 Å². The Hall–Kier alpha value is -2.69. The van der Waals surface area contributed by atoms with E-state index >= 15 is 0 Å². The van der Waals surface area contributed by atoms with E-state index in [2.05, 4.69) is 12.2 Å². The van der Waals surface area contributed by atoms with E-state index in [0.717, 1.165) is 37.7 Å². The summed E-state index contributed by atoms with van der Waals surface area (Å²) in [6.45, 7) is 2.10. The maximum Gasteiger partial charge on any atom is 0.254 e. The van der Waals surface area contributed by atoms with Gasteiger partial charge < -0.3 is 10.2 Å². The Kier molecular flexibility index (Phi) is 5.16. The Morgan fingerprint density at radius 2 is 1.54 bits per heavy atom. The van der Waals surface area contributed by atoms with Gasteiger partial charge in [0.2, 0.25) is 0 Å². The smallest absolute Gasteiger partial charge is 0.254 e. The van der Waals surface area contributed by atoms with E-state index in [0.29, 0.717) is 5.56 Å². The van der Waals surface area contributed by atoms with Crippen LogP contribution in [0.15, 0.2) is 48.5 Å². The molecule has 2 bridgehead atoms. The highest BCUT2D eigenvalue weighted by Gasteiger charge is 2.43. The summed E-state index contributed by atoms with van der Waals surface area (Å²) in [4.78, 5) is 27.5. The molecule has 0 aromatic heterocycles. The predicted octanol–water partition coefficient (Wildman–Crippen LogP) is 3.95. The number of halogens is 1. The molecule has 2 heterocycles. The van der Waals surface area contributed by atoms with Gasteiger partial charge in [-0.1, -0.05) is 19.1 Å². The summed E-state index contributed by atoms with van der Waals surface area (Å²) in [6, 6.07) is 13.8. The Morgan fingerprint density at radius 1 is 0.964 bits per heavy atom. The third kappa shape index (κ3) is 3.66. The lowest BCUT2D eigenvalue weighted by atomic mass is 9.95. The lowest BCUT2D eigenvalue weighted by Crippen LogP contribution is -2.52. The lowest BCUT2D eigenvalue weighted by Gasteiger charge is -2.39. The van der Waals surface area contributed by atoms with Crippen LogP contribution in [0.4, 0.5) is 4.39 Å². The molecule has 2 amide bonds. The number of rotatable bonds is 4. The predicted molar refractivity (Wildman–Crippen MR) is 106 cm³/mol. The first-order valence-corrected chi connectivity index (χ1v) is 10.0. The number of hydrogen-bond acceptors (Lipinski definition) is 2. The van der Waals surface area contributed by atoms with E-state index in [1.54, 1.807) is 0 Å². The van der Waals surface area contributed by atoms with E-state index in [1.807, 2.05) is 29.2 Å². The SMILES string of the molecule is CCc1ccc(C(=O)N2[C@@H]3CC[C@H]2CC(NC(=O)c2ccc(F)cc2)C3)cc1. The summed E-state index contributed by atoms with van der Waals surface area (Å²) in [5.41, 5.74) is 2.42. The zero-order chi connectivity index (χ0) is 19.7. The number of benzene rings is 2. The van der Waals surface area contributed by atoms with Crippen molar-refractivity contribution in [1.29, 1.82) is 0 Å². The van der Waals surface area contributed by atoms with Gasteiger partial charge in [0.1, 0.15) is 5.82 Å². The van der Waals surface area contributed by atoms with Crippen molar-refractivity contribution in [3.8, 4) is 0 Å². The van der Waals surface area contributed by atoms with Gasteiger partial charge in [0.15, 0.2) is 0 Å². The molecule has 28 heavy (non-hydrogen) atoms. The molecule has 1 unspecified atom stereocenters. The van der Waals surface area contributed by atoms with Crippen LogP contribution in [0.3, 0.4) is 0 Å². The van der Waals surface area contributed by atoms with Gasteiger partial charge in [0, 0.05) is 29.3 Å². The van der Waals surface area contributed by atoms with Gasteiger partial charge in [-0.2, -0.15) is 0 Å². The fourth-order valence-electron chi connectivity index (χ4n) is 4.53. The topological polar surface area (TPSA) is 49.4 Å². The molecule has 5 heteroatoms. The average molecular weight is 380 g/mol. The van der Waals surface area contributed by atoms with E-state index in [9.17, 15) is 14.0 Å². The minimum absolute atomic E-state index is 0.0431. The molecule has 2 aliphatic heterocycles. The summed E-state index contributed by atoms with van der Waals surface area (Å²) in [6.07, 6.45) is 4.45. The molecule has 2 aromatic carbocycles. The van der Waals surface area contributed by atoms with Crippen LogP contribution in [0.1, 0.15) is 58.9 Å². The number of fused-ring (bicyclic) bond motifs is 2. The summed E-state index contributed by atoms with van der Waals surface area (Å²) in [5.74, 6) is -0.439. The number of aryl methyl sites for hydroxylation is 1. The maximum absolute atomic E-state index is 13.1. The van der Waals surface area contributed by atoms with Crippen molar-refractivity contribution >= 4 is 11.8 Å². The molecule has 2 fully saturated rings. The molecule has 2 saturated heterocycles. The maximum atomic E-state index is 13.1. The van der Waals surface area contributed by atoms with E-state index in [4.69, 9.17) is 0 Å². The third-order valence-electron chi connectivity index (χ3n) is 6.02. The Balaban J connectivity index is 1.41. The number of carbonyl (C=O) groups is 2.